The highest BCUT2D eigenvalue weighted by Crippen LogP contribution is 2.26. The molecule has 0 radical (unpaired) electrons. The molecule has 1 amide bonds. The van der Waals surface area contributed by atoms with E-state index in [0.29, 0.717) is 5.69 Å². The molecular formula is C16H17ClF3N5O2S. The zero-order chi connectivity index (χ0) is 20.9. The van der Waals surface area contributed by atoms with Gasteiger partial charge in [-0.05, 0) is 19.1 Å². The van der Waals surface area contributed by atoms with E-state index in [2.05, 4.69) is 10.1 Å². The molecule has 2 aromatic heterocycles. The van der Waals surface area contributed by atoms with E-state index < -0.39 is 46.5 Å². The maximum absolute atomic E-state index is 12.5. The number of amides is 1. The lowest BCUT2D eigenvalue weighted by Crippen LogP contribution is -2.38. The van der Waals surface area contributed by atoms with Gasteiger partial charge in [-0.15, -0.1) is 0 Å². The minimum atomic E-state index is -4.44. The van der Waals surface area contributed by atoms with Crippen LogP contribution in [-0.4, -0.2) is 54.8 Å². The Labute approximate surface area is 166 Å². The summed E-state index contributed by atoms with van der Waals surface area (Å²) in [5.74, 6) is -2.03. The fourth-order valence-corrected chi connectivity index (χ4v) is 3.54. The predicted octanol–water partition coefficient (Wildman–Crippen LogP) is 2.99. The normalized spacial score (nSPS) is 12.6. The topological polar surface area (TPSA) is 91.9 Å². The number of rotatable bonds is 8. The molecule has 2 heterocycles. The van der Waals surface area contributed by atoms with Crippen LogP contribution in [-0.2, 0) is 15.6 Å². The number of halogens is 4. The van der Waals surface area contributed by atoms with Gasteiger partial charge >= 0.3 is 6.18 Å². The van der Waals surface area contributed by atoms with Gasteiger partial charge in [-0.25, -0.2) is 4.68 Å². The SMILES string of the molecule is CCN(C(=O)C(=N)CS(=O)CCC(F)(F)F)c1cn(-c2cccnc2)nc1Cl. The number of carbonyl (C=O) groups is 1. The van der Waals surface area contributed by atoms with Crippen LogP contribution in [0.15, 0.2) is 30.7 Å². The average molecular weight is 436 g/mol. The Balaban J connectivity index is 2.12. The van der Waals surface area contributed by atoms with Gasteiger partial charge in [0.15, 0.2) is 5.15 Å². The summed E-state index contributed by atoms with van der Waals surface area (Å²) < 4.78 is 49.8. The lowest BCUT2D eigenvalue weighted by molar-refractivity contribution is -0.129. The van der Waals surface area contributed by atoms with E-state index in [-0.39, 0.29) is 17.4 Å². The Morgan fingerprint density at radius 3 is 2.71 bits per heavy atom. The van der Waals surface area contributed by atoms with Crippen molar-refractivity contribution in [3.05, 3.63) is 35.9 Å². The zero-order valence-electron chi connectivity index (χ0n) is 14.7. The van der Waals surface area contributed by atoms with Crippen molar-refractivity contribution in [2.75, 3.05) is 23.0 Å². The second-order valence-electron chi connectivity index (χ2n) is 5.64. The van der Waals surface area contributed by atoms with Crippen LogP contribution >= 0.6 is 11.6 Å². The van der Waals surface area contributed by atoms with Crippen molar-refractivity contribution >= 4 is 39.7 Å². The molecule has 1 N–H and O–H groups in total. The van der Waals surface area contributed by atoms with Crippen molar-refractivity contribution in [3.8, 4) is 5.69 Å². The van der Waals surface area contributed by atoms with Crippen molar-refractivity contribution in [2.24, 2.45) is 0 Å². The molecule has 1 unspecified atom stereocenters. The first-order chi connectivity index (χ1) is 13.1. The fraction of sp³-hybridized carbons (Fsp3) is 0.375. The average Bonchev–Trinajstić information content (AvgIpc) is 3.02. The summed E-state index contributed by atoms with van der Waals surface area (Å²) in [6.07, 6.45) is -1.07. The summed E-state index contributed by atoms with van der Waals surface area (Å²) in [5, 5.41) is 11.9. The molecule has 2 aromatic rings. The molecular weight excluding hydrogens is 419 g/mol. The van der Waals surface area contributed by atoms with E-state index in [0.717, 1.165) is 4.90 Å². The van der Waals surface area contributed by atoms with Gasteiger partial charge in [0.25, 0.3) is 5.91 Å². The van der Waals surface area contributed by atoms with Gasteiger partial charge in [0.2, 0.25) is 0 Å². The maximum atomic E-state index is 12.5. The van der Waals surface area contributed by atoms with Gasteiger partial charge in [-0.3, -0.25) is 19.4 Å². The molecule has 2 rings (SSSR count). The molecule has 0 aromatic carbocycles. The number of aromatic nitrogens is 3. The molecule has 0 aliphatic heterocycles. The summed E-state index contributed by atoms with van der Waals surface area (Å²) in [7, 11) is -1.98. The van der Waals surface area contributed by atoms with Crippen molar-refractivity contribution in [2.45, 2.75) is 19.5 Å². The van der Waals surface area contributed by atoms with E-state index in [1.807, 2.05) is 0 Å². The van der Waals surface area contributed by atoms with Crippen LogP contribution in [0.25, 0.3) is 5.69 Å². The summed E-state index contributed by atoms with van der Waals surface area (Å²) in [6.45, 7) is 1.78. The first-order valence-electron chi connectivity index (χ1n) is 8.09. The third-order valence-electron chi connectivity index (χ3n) is 3.59. The molecule has 152 valence electrons. The largest absolute Gasteiger partial charge is 0.390 e. The molecule has 1 atom stereocenters. The Hall–Kier alpha value is -2.27. The summed E-state index contributed by atoms with van der Waals surface area (Å²) in [4.78, 5) is 17.7. The molecule has 12 heteroatoms. The van der Waals surface area contributed by atoms with Crippen LogP contribution in [0.4, 0.5) is 18.9 Å². The molecule has 0 saturated carbocycles. The molecule has 7 nitrogen and oxygen atoms in total. The molecule has 28 heavy (non-hydrogen) atoms. The quantitative estimate of drug-likeness (QED) is 0.645. The number of pyridine rings is 1. The van der Waals surface area contributed by atoms with Gasteiger partial charge in [0, 0.05) is 29.3 Å². The van der Waals surface area contributed by atoms with Crippen LogP contribution in [0.5, 0.6) is 0 Å². The standard InChI is InChI=1S/C16H17ClF3N5O2S/c1-2-24(15(26)12(21)10-28(27)7-5-16(18,19)20)13-9-25(23-14(13)17)11-4-3-6-22-8-11/h3-4,6,8-9,21H,2,5,7,10H2,1H3. The predicted molar refractivity (Wildman–Crippen MR) is 101 cm³/mol. The molecule has 0 fully saturated rings. The van der Waals surface area contributed by atoms with Gasteiger partial charge in [0.05, 0.1) is 30.3 Å². The summed E-state index contributed by atoms with van der Waals surface area (Å²) in [6, 6.07) is 3.42. The van der Waals surface area contributed by atoms with E-state index in [9.17, 15) is 22.2 Å². The van der Waals surface area contributed by atoms with E-state index >= 15 is 0 Å². The van der Waals surface area contributed by atoms with Crippen molar-refractivity contribution in [3.63, 3.8) is 0 Å². The second-order valence-corrected chi connectivity index (χ2v) is 7.58. The lowest BCUT2D eigenvalue weighted by Gasteiger charge is -2.19. The maximum Gasteiger partial charge on any atom is 0.390 e. The molecule has 0 spiro atoms. The summed E-state index contributed by atoms with van der Waals surface area (Å²) in [5.41, 5.74) is 0.263. The highest BCUT2D eigenvalue weighted by atomic mass is 35.5. The second kappa shape index (κ2) is 9.28. The van der Waals surface area contributed by atoms with E-state index in [1.165, 1.54) is 17.1 Å². The number of nitrogens with zero attached hydrogens (tertiary/aromatic N) is 4. The molecule has 0 aliphatic rings. The van der Waals surface area contributed by atoms with Crippen LogP contribution < -0.4 is 4.90 Å². The van der Waals surface area contributed by atoms with Crippen LogP contribution in [0, 0.1) is 5.41 Å². The molecule has 0 aliphatic carbocycles. The van der Waals surface area contributed by atoms with Gasteiger partial charge in [0.1, 0.15) is 11.4 Å². The third kappa shape index (κ3) is 5.86. The van der Waals surface area contributed by atoms with Gasteiger partial charge in [-0.2, -0.15) is 18.3 Å². The van der Waals surface area contributed by atoms with Crippen molar-refractivity contribution in [1.82, 2.24) is 14.8 Å². The monoisotopic (exact) mass is 435 g/mol. The number of hydrogen-bond donors (Lipinski definition) is 1. The van der Waals surface area contributed by atoms with Gasteiger partial charge in [-0.1, -0.05) is 11.6 Å². The lowest BCUT2D eigenvalue weighted by atomic mass is 10.3. The van der Waals surface area contributed by atoms with Crippen LogP contribution in [0.1, 0.15) is 13.3 Å². The number of hydrogen-bond acceptors (Lipinski definition) is 5. The number of carbonyl (C=O) groups excluding carboxylic acids is 1. The number of anilines is 1. The Morgan fingerprint density at radius 1 is 1.43 bits per heavy atom. The first-order valence-corrected chi connectivity index (χ1v) is 9.95. The van der Waals surface area contributed by atoms with Crippen molar-refractivity contribution in [1.29, 1.82) is 5.41 Å². The minimum Gasteiger partial charge on any atom is -0.303 e. The van der Waals surface area contributed by atoms with Crippen molar-refractivity contribution < 1.29 is 22.2 Å². The highest BCUT2D eigenvalue weighted by Gasteiger charge is 2.29. The minimum absolute atomic E-state index is 0.00467. The first kappa shape index (κ1) is 22.0. The Morgan fingerprint density at radius 2 is 2.14 bits per heavy atom. The Kier molecular flexibility index (Phi) is 7.30. The zero-order valence-corrected chi connectivity index (χ0v) is 16.3. The smallest absolute Gasteiger partial charge is 0.303 e. The number of alkyl halides is 3. The van der Waals surface area contributed by atoms with E-state index in [4.69, 9.17) is 17.0 Å². The van der Waals surface area contributed by atoms with Crippen LogP contribution in [0.3, 0.4) is 0 Å². The number of nitrogens with one attached hydrogen (secondary N) is 1. The fourth-order valence-electron chi connectivity index (χ4n) is 2.26. The van der Waals surface area contributed by atoms with Gasteiger partial charge < -0.3 is 4.90 Å². The van der Waals surface area contributed by atoms with E-state index in [1.54, 1.807) is 25.3 Å². The molecule has 0 bridgehead atoms. The summed E-state index contributed by atoms with van der Waals surface area (Å²) >= 11 is 6.12. The van der Waals surface area contributed by atoms with Crippen LogP contribution in [0.2, 0.25) is 5.15 Å². The molecule has 0 saturated heterocycles. The third-order valence-corrected chi connectivity index (χ3v) is 5.13. The Bertz CT molecular complexity index is 873. The highest BCUT2D eigenvalue weighted by molar-refractivity contribution is 7.85.